The van der Waals surface area contributed by atoms with Crippen molar-refractivity contribution in [3.8, 4) is 0 Å². The van der Waals surface area contributed by atoms with E-state index in [-0.39, 0.29) is 5.25 Å². The molecule has 0 fully saturated rings. The van der Waals surface area contributed by atoms with E-state index in [0.29, 0.717) is 0 Å². The molecule has 2 rings (SSSR count). The van der Waals surface area contributed by atoms with Gasteiger partial charge >= 0.3 is 0 Å². The van der Waals surface area contributed by atoms with Crippen molar-refractivity contribution in [1.82, 2.24) is 0 Å². The Morgan fingerprint density at radius 2 is 1.64 bits per heavy atom. The first-order chi connectivity index (χ1) is 12.0. The zero-order valence-electron chi connectivity index (χ0n) is 15.4. The van der Waals surface area contributed by atoms with Crippen LogP contribution in [0.3, 0.4) is 0 Å². The van der Waals surface area contributed by atoms with Gasteiger partial charge in [-0.05, 0) is 51.3 Å². The van der Waals surface area contributed by atoms with Gasteiger partial charge in [-0.15, -0.1) is 11.8 Å². The first kappa shape index (κ1) is 19.6. The summed E-state index contributed by atoms with van der Waals surface area (Å²) in [5.41, 5.74) is 1.67. The molecule has 0 aliphatic carbocycles. The molecule has 0 saturated carbocycles. The zero-order chi connectivity index (χ0) is 18.1. The van der Waals surface area contributed by atoms with Crippen molar-refractivity contribution in [2.24, 2.45) is 0 Å². The van der Waals surface area contributed by atoms with Gasteiger partial charge in [-0.2, -0.15) is 0 Å². The second-order valence-corrected chi connectivity index (χ2v) is 8.01. The molecule has 0 radical (unpaired) electrons. The van der Waals surface area contributed by atoms with E-state index in [9.17, 15) is 5.11 Å². The molecule has 1 nitrogen and oxygen atoms in total. The highest BCUT2D eigenvalue weighted by Crippen LogP contribution is 2.34. The minimum absolute atomic E-state index is 0.0133. The first-order valence-electron chi connectivity index (χ1n) is 8.78. The third-order valence-electron chi connectivity index (χ3n) is 4.09. The lowest BCUT2D eigenvalue weighted by Gasteiger charge is -2.30. The van der Waals surface area contributed by atoms with E-state index in [2.05, 4.69) is 56.3 Å². The van der Waals surface area contributed by atoms with Gasteiger partial charge in [0.05, 0.1) is 10.9 Å². The maximum atomic E-state index is 11.1. The van der Waals surface area contributed by atoms with Gasteiger partial charge in [0.1, 0.15) is 0 Å². The van der Waals surface area contributed by atoms with Crippen LogP contribution in [0.4, 0.5) is 0 Å². The van der Waals surface area contributed by atoms with Crippen molar-refractivity contribution >= 4 is 17.8 Å². The number of hydrogen-bond donors (Lipinski definition) is 1. The van der Waals surface area contributed by atoms with Crippen molar-refractivity contribution in [3.05, 3.63) is 84.0 Å². The van der Waals surface area contributed by atoms with E-state index in [1.807, 2.05) is 43.3 Å². The summed E-state index contributed by atoms with van der Waals surface area (Å²) in [7, 11) is 0. The fraction of sp³-hybridized carbons (Fsp3) is 0.304. The average molecular weight is 353 g/mol. The van der Waals surface area contributed by atoms with Gasteiger partial charge in [-0.1, -0.05) is 72.3 Å². The molecule has 0 aliphatic heterocycles. The minimum atomic E-state index is -0.780. The first-order valence-corrected chi connectivity index (χ1v) is 9.66. The lowest BCUT2D eigenvalue weighted by molar-refractivity contribution is 0.0605. The Labute approximate surface area is 156 Å². The molecule has 0 aromatic heterocycles. The van der Waals surface area contributed by atoms with Crippen LogP contribution in [0.5, 0.6) is 0 Å². The lowest BCUT2D eigenvalue weighted by atomic mass is 9.94. The summed E-state index contributed by atoms with van der Waals surface area (Å²) in [5, 5.41) is 11.1. The topological polar surface area (TPSA) is 20.2 Å². The minimum Gasteiger partial charge on any atom is -0.389 e. The quantitative estimate of drug-likeness (QED) is 0.441. The largest absolute Gasteiger partial charge is 0.389 e. The van der Waals surface area contributed by atoms with Crippen LogP contribution in [0, 0.1) is 0 Å². The fourth-order valence-corrected chi connectivity index (χ4v) is 3.71. The molecule has 0 unspecified atom stereocenters. The summed E-state index contributed by atoms with van der Waals surface area (Å²) in [6.45, 7) is 6.14. The van der Waals surface area contributed by atoms with Crippen LogP contribution in [-0.4, -0.2) is 16.0 Å². The summed E-state index contributed by atoms with van der Waals surface area (Å²) in [6, 6.07) is 20.5. The highest BCUT2D eigenvalue weighted by atomic mass is 32.2. The molecule has 2 atom stereocenters. The van der Waals surface area contributed by atoms with Gasteiger partial charge < -0.3 is 5.11 Å². The second-order valence-electron chi connectivity index (χ2n) is 6.80. The Balaban J connectivity index is 2.18. The molecule has 0 amide bonds. The summed E-state index contributed by atoms with van der Waals surface area (Å²) in [6.07, 6.45) is 8.06. The summed E-state index contributed by atoms with van der Waals surface area (Å²) in [5.74, 6) is 0. The number of thioether (sulfide) groups is 1. The maximum Gasteiger partial charge on any atom is 0.0779 e. The number of allylic oxidation sites excluding steroid dienone is 2. The van der Waals surface area contributed by atoms with Crippen molar-refractivity contribution < 1.29 is 5.11 Å². The molecule has 0 saturated heterocycles. The standard InChI is InChI=1S/C23H28OS/c1-19(2)11-10-18-23(3,24)22(25-21-14-8-5-9-15-21)17-16-20-12-6-4-7-13-20/h4-9,11-17,22,24H,10,18H2,1-3H3/t22-,23+/m1/s1. The molecule has 0 bridgehead atoms. The fourth-order valence-electron chi connectivity index (χ4n) is 2.58. The normalized spacial score (nSPS) is 14.9. The van der Waals surface area contributed by atoms with Crippen molar-refractivity contribution in [2.45, 2.75) is 49.4 Å². The van der Waals surface area contributed by atoms with E-state index in [4.69, 9.17) is 0 Å². The zero-order valence-corrected chi connectivity index (χ0v) is 16.2. The van der Waals surface area contributed by atoms with Crippen LogP contribution in [0.2, 0.25) is 0 Å². The van der Waals surface area contributed by atoms with E-state index in [0.717, 1.165) is 18.4 Å². The number of hydrogen-bond acceptors (Lipinski definition) is 2. The Hall–Kier alpha value is -1.77. The van der Waals surface area contributed by atoms with Crippen LogP contribution in [0.25, 0.3) is 6.08 Å². The highest BCUT2D eigenvalue weighted by molar-refractivity contribution is 8.00. The van der Waals surface area contributed by atoms with Crippen molar-refractivity contribution in [3.63, 3.8) is 0 Å². The van der Waals surface area contributed by atoms with Gasteiger partial charge in [0.15, 0.2) is 0 Å². The molecule has 0 aliphatic rings. The van der Waals surface area contributed by atoms with Crippen LogP contribution >= 0.6 is 11.8 Å². The maximum absolute atomic E-state index is 11.1. The van der Waals surface area contributed by atoms with E-state index in [1.165, 1.54) is 10.5 Å². The number of rotatable bonds is 8. The lowest BCUT2D eigenvalue weighted by Crippen LogP contribution is -2.35. The molecule has 0 spiro atoms. The van der Waals surface area contributed by atoms with Crippen LogP contribution in [-0.2, 0) is 0 Å². The average Bonchev–Trinajstić information content (AvgIpc) is 2.59. The summed E-state index contributed by atoms with van der Waals surface area (Å²) < 4.78 is 0. The highest BCUT2D eigenvalue weighted by Gasteiger charge is 2.30. The molecule has 1 N–H and O–H groups in total. The molecule has 132 valence electrons. The van der Waals surface area contributed by atoms with Gasteiger partial charge in [0.2, 0.25) is 0 Å². The third kappa shape index (κ3) is 6.93. The predicted octanol–water partition coefficient (Wildman–Crippen LogP) is 6.36. The second kappa shape index (κ2) is 9.65. The van der Waals surface area contributed by atoms with Gasteiger partial charge in [-0.3, -0.25) is 0 Å². The Morgan fingerprint density at radius 1 is 1.04 bits per heavy atom. The van der Waals surface area contributed by atoms with E-state index < -0.39 is 5.60 Å². The molecule has 2 heteroatoms. The van der Waals surface area contributed by atoms with Crippen LogP contribution in [0.15, 0.2) is 83.3 Å². The molecule has 2 aromatic rings. The smallest absolute Gasteiger partial charge is 0.0779 e. The van der Waals surface area contributed by atoms with Gasteiger partial charge in [-0.25, -0.2) is 0 Å². The molecular formula is C23H28OS. The Kier molecular flexibility index (Phi) is 7.54. The molecular weight excluding hydrogens is 324 g/mol. The summed E-state index contributed by atoms with van der Waals surface area (Å²) >= 11 is 1.72. The summed E-state index contributed by atoms with van der Waals surface area (Å²) in [4.78, 5) is 1.17. The number of benzene rings is 2. The Morgan fingerprint density at radius 3 is 2.24 bits per heavy atom. The third-order valence-corrected chi connectivity index (χ3v) is 5.55. The van der Waals surface area contributed by atoms with Gasteiger partial charge in [0.25, 0.3) is 0 Å². The van der Waals surface area contributed by atoms with Crippen LogP contribution < -0.4 is 0 Å². The molecule has 2 aromatic carbocycles. The van der Waals surface area contributed by atoms with Crippen molar-refractivity contribution in [1.29, 1.82) is 0 Å². The van der Waals surface area contributed by atoms with E-state index in [1.54, 1.807) is 11.8 Å². The Bertz CT molecular complexity index is 683. The predicted molar refractivity (Wildman–Crippen MR) is 111 cm³/mol. The monoisotopic (exact) mass is 352 g/mol. The number of aliphatic hydroxyl groups is 1. The SMILES string of the molecule is CC(C)=CCC[C@](C)(O)[C@@H](C=Cc1ccccc1)Sc1ccccc1. The van der Waals surface area contributed by atoms with Gasteiger partial charge in [0, 0.05) is 4.90 Å². The van der Waals surface area contributed by atoms with E-state index >= 15 is 0 Å². The molecule has 0 heterocycles. The van der Waals surface area contributed by atoms with Crippen LogP contribution in [0.1, 0.15) is 39.2 Å². The van der Waals surface area contributed by atoms with Crippen molar-refractivity contribution in [2.75, 3.05) is 0 Å². The molecule has 25 heavy (non-hydrogen) atoms.